The van der Waals surface area contributed by atoms with E-state index in [0.717, 1.165) is 63.0 Å². The van der Waals surface area contributed by atoms with E-state index in [9.17, 15) is 4.79 Å². The molecule has 1 amide bonds. The molecule has 1 unspecified atom stereocenters. The summed E-state index contributed by atoms with van der Waals surface area (Å²) in [6, 6.07) is 10.4. The van der Waals surface area contributed by atoms with Crippen molar-refractivity contribution < 1.29 is 4.79 Å². The van der Waals surface area contributed by atoms with E-state index in [1.54, 1.807) is 0 Å². The summed E-state index contributed by atoms with van der Waals surface area (Å²) in [4.78, 5) is 21.7. The van der Waals surface area contributed by atoms with Gasteiger partial charge in [0.25, 0.3) is 5.91 Å². The second kappa shape index (κ2) is 8.31. The van der Waals surface area contributed by atoms with Gasteiger partial charge in [-0.1, -0.05) is 18.2 Å². The Bertz CT molecular complexity index is 819. The molecule has 1 aromatic carbocycles. The highest BCUT2D eigenvalue weighted by Crippen LogP contribution is 2.21. The van der Waals surface area contributed by atoms with Crippen LogP contribution in [0.2, 0.25) is 0 Å². The van der Waals surface area contributed by atoms with Crippen molar-refractivity contribution in [3.05, 3.63) is 58.8 Å². The summed E-state index contributed by atoms with van der Waals surface area (Å²) in [6.07, 6.45) is 4.27. The van der Waals surface area contributed by atoms with Crippen LogP contribution in [0.5, 0.6) is 0 Å². The highest BCUT2D eigenvalue weighted by molar-refractivity contribution is 5.94. The van der Waals surface area contributed by atoms with Gasteiger partial charge < -0.3 is 15.1 Å². The minimum absolute atomic E-state index is 0.141. The molecule has 2 saturated heterocycles. The Morgan fingerprint density at radius 2 is 1.89 bits per heavy atom. The number of carbonyl (C=O) groups is 1. The Hall–Kier alpha value is -2.40. The van der Waals surface area contributed by atoms with E-state index in [-0.39, 0.29) is 5.91 Å². The van der Waals surface area contributed by atoms with E-state index in [1.165, 1.54) is 23.1 Å². The molecule has 3 heterocycles. The van der Waals surface area contributed by atoms with Crippen molar-refractivity contribution in [3.8, 4) is 0 Å². The predicted molar refractivity (Wildman–Crippen MR) is 113 cm³/mol. The molecular formula is C23H30N4O. The first kappa shape index (κ1) is 18.9. The second-order valence-corrected chi connectivity index (χ2v) is 8.19. The van der Waals surface area contributed by atoms with Crippen LogP contribution in [0.15, 0.2) is 36.5 Å². The number of piperazine rings is 1. The van der Waals surface area contributed by atoms with Crippen molar-refractivity contribution in [1.82, 2.24) is 15.2 Å². The van der Waals surface area contributed by atoms with Gasteiger partial charge in [0, 0.05) is 37.9 Å². The quantitative estimate of drug-likeness (QED) is 0.889. The topological polar surface area (TPSA) is 48.5 Å². The SMILES string of the molecule is Cc1cnc(N2CCN(C(=O)c3ccc(CC4CCNC4)cc3)CC2)c(C)c1. The number of anilines is 1. The minimum Gasteiger partial charge on any atom is -0.353 e. The van der Waals surface area contributed by atoms with Crippen LogP contribution in [0.3, 0.4) is 0 Å². The van der Waals surface area contributed by atoms with Gasteiger partial charge in [-0.2, -0.15) is 0 Å². The summed E-state index contributed by atoms with van der Waals surface area (Å²) >= 11 is 0. The Kier molecular flexibility index (Phi) is 5.62. The molecule has 4 rings (SSSR count). The molecule has 0 bridgehead atoms. The van der Waals surface area contributed by atoms with Crippen molar-refractivity contribution >= 4 is 11.7 Å². The first-order valence-electron chi connectivity index (χ1n) is 10.4. The van der Waals surface area contributed by atoms with Gasteiger partial charge in [-0.05, 0) is 74.5 Å². The number of amides is 1. The molecule has 0 radical (unpaired) electrons. The molecule has 1 N–H and O–H groups in total. The number of hydrogen-bond acceptors (Lipinski definition) is 4. The van der Waals surface area contributed by atoms with E-state index < -0.39 is 0 Å². The second-order valence-electron chi connectivity index (χ2n) is 8.19. The van der Waals surface area contributed by atoms with Crippen LogP contribution in [0.1, 0.15) is 33.5 Å². The molecule has 0 aliphatic carbocycles. The van der Waals surface area contributed by atoms with Gasteiger partial charge in [-0.15, -0.1) is 0 Å². The first-order valence-corrected chi connectivity index (χ1v) is 10.4. The lowest BCUT2D eigenvalue weighted by molar-refractivity contribution is 0.0746. The molecular weight excluding hydrogens is 348 g/mol. The lowest BCUT2D eigenvalue weighted by Crippen LogP contribution is -2.49. The minimum atomic E-state index is 0.141. The summed E-state index contributed by atoms with van der Waals surface area (Å²) in [7, 11) is 0. The molecule has 1 aromatic heterocycles. The largest absolute Gasteiger partial charge is 0.353 e. The molecule has 2 aromatic rings. The standard InChI is InChI=1S/C23H30N4O/c1-17-13-18(2)22(25-15-17)26-9-11-27(12-10-26)23(28)21-5-3-19(4-6-21)14-20-7-8-24-16-20/h3-6,13,15,20,24H,7-12,14,16H2,1-2H3. The number of carbonyl (C=O) groups excluding carboxylic acids is 1. The number of aromatic nitrogens is 1. The highest BCUT2D eigenvalue weighted by Gasteiger charge is 2.24. The lowest BCUT2D eigenvalue weighted by atomic mass is 9.98. The van der Waals surface area contributed by atoms with Gasteiger partial charge in [-0.3, -0.25) is 4.79 Å². The molecule has 5 nitrogen and oxygen atoms in total. The van der Waals surface area contributed by atoms with Gasteiger partial charge in [0.15, 0.2) is 0 Å². The maximum Gasteiger partial charge on any atom is 0.253 e. The van der Waals surface area contributed by atoms with Gasteiger partial charge in [0.05, 0.1) is 0 Å². The molecule has 5 heteroatoms. The maximum atomic E-state index is 12.9. The Morgan fingerprint density at radius 1 is 1.14 bits per heavy atom. The van der Waals surface area contributed by atoms with Gasteiger partial charge >= 0.3 is 0 Å². The van der Waals surface area contributed by atoms with Crippen molar-refractivity contribution in [2.45, 2.75) is 26.7 Å². The zero-order valence-electron chi connectivity index (χ0n) is 16.9. The summed E-state index contributed by atoms with van der Waals surface area (Å²) in [5.74, 6) is 1.92. The van der Waals surface area contributed by atoms with Crippen LogP contribution in [0.25, 0.3) is 0 Å². The lowest BCUT2D eigenvalue weighted by Gasteiger charge is -2.36. The number of nitrogens with one attached hydrogen (secondary N) is 1. The fourth-order valence-corrected chi connectivity index (χ4v) is 4.35. The van der Waals surface area contributed by atoms with Crippen molar-refractivity contribution in [2.75, 3.05) is 44.2 Å². The third kappa shape index (κ3) is 4.20. The monoisotopic (exact) mass is 378 g/mol. The summed E-state index contributed by atoms with van der Waals surface area (Å²) in [5.41, 5.74) is 4.51. The maximum absolute atomic E-state index is 12.9. The van der Waals surface area contributed by atoms with Crippen molar-refractivity contribution in [1.29, 1.82) is 0 Å². The molecule has 148 valence electrons. The zero-order chi connectivity index (χ0) is 19.5. The van der Waals surface area contributed by atoms with Crippen molar-refractivity contribution in [2.24, 2.45) is 5.92 Å². The number of aryl methyl sites for hydroxylation is 2. The Balaban J connectivity index is 1.34. The molecule has 1 atom stereocenters. The van der Waals surface area contributed by atoms with E-state index in [4.69, 9.17) is 0 Å². The third-order valence-electron chi connectivity index (χ3n) is 5.94. The average Bonchev–Trinajstić information content (AvgIpc) is 3.21. The number of pyridine rings is 1. The summed E-state index contributed by atoms with van der Waals surface area (Å²) in [6.45, 7) is 9.55. The average molecular weight is 379 g/mol. The van der Waals surface area contributed by atoms with Crippen LogP contribution in [0.4, 0.5) is 5.82 Å². The fraction of sp³-hybridized carbons (Fsp3) is 0.478. The van der Waals surface area contributed by atoms with Crippen LogP contribution < -0.4 is 10.2 Å². The Labute approximate surface area is 167 Å². The highest BCUT2D eigenvalue weighted by atomic mass is 16.2. The van der Waals surface area contributed by atoms with E-state index >= 15 is 0 Å². The molecule has 28 heavy (non-hydrogen) atoms. The smallest absolute Gasteiger partial charge is 0.253 e. The van der Waals surface area contributed by atoms with Gasteiger partial charge in [0.2, 0.25) is 0 Å². The van der Waals surface area contributed by atoms with Crippen LogP contribution in [-0.2, 0) is 6.42 Å². The number of nitrogens with zero attached hydrogens (tertiary/aromatic N) is 3. The zero-order valence-corrected chi connectivity index (χ0v) is 16.9. The number of rotatable bonds is 4. The molecule has 2 aliphatic heterocycles. The molecule has 0 spiro atoms. The fourth-order valence-electron chi connectivity index (χ4n) is 4.35. The first-order chi connectivity index (χ1) is 13.6. The van der Waals surface area contributed by atoms with Crippen LogP contribution in [0, 0.1) is 19.8 Å². The summed E-state index contributed by atoms with van der Waals surface area (Å²) in [5, 5.41) is 3.42. The third-order valence-corrected chi connectivity index (χ3v) is 5.94. The number of hydrogen-bond donors (Lipinski definition) is 1. The van der Waals surface area contributed by atoms with Gasteiger partial charge in [0.1, 0.15) is 5.82 Å². The number of benzene rings is 1. The van der Waals surface area contributed by atoms with Gasteiger partial charge in [-0.25, -0.2) is 4.98 Å². The van der Waals surface area contributed by atoms with E-state index in [2.05, 4.69) is 47.2 Å². The molecule has 2 aliphatic rings. The molecule has 2 fully saturated rings. The predicted octanol–water partition coefficient (Wildman–Crippen LogP) is 2.81. The van der Waals surface area contributed by atoms with Crippen molar-refractivity contribution in [3.63, 3.8) is 0 Å². The summed E-state index contributed by atoms with van der Waals surface area (Å²) < 4.78 is 0. The van der Waals surface area contributed by atoms with E-state index in [1.807, 2.05) is 23.2 Å². The van der Waals surface area contributed by atoms with Crippen LogP contribution >= 0.6 is 0 Å². The van der Waals surface area contributed by atoms with E-state index in [0.29, 0.717) is 0 Å². The molecule has 0 saturated carbocycles. The Morgan fingerprint density at radius 3 is 2.54 bits per heavy atom. The normalized spacial score (nSPS) is 19.9. The van der Waals surface area contributed by atoms with Crippen LogP contribution in [-0.4, -0.2) is 55.1 Å².